The lowest BCUT2D eigenvalue weighted by molar-refractivity contribution is -0.301. The Kier molecular flexibility index (Phi) is 8.20. The molecule has 1 aliphatic heterocycles. The number of phenols is 2. The third-order valence-corrected chi connectivity index (χ3v) is 4.97. The van der Waals surface area contributed by atoms with Gasteiger partial charge in [0, 0.05) is 6.08 Å². The van der Waals surface area contributed by atoms with Gasteiger partial charge in [0.05, 0.1) is 6.61 Å². The van der Waals surface area contributed by atoms with Gasteiger partial charge in [0.1, 0.15) is 42.5 Å². The van der Waals surface area contributed by atoms with Crippen LogP contribution in [0.15, 0.2) is 54.6 Å². The minimum atomic E-state index is -1.54. The highest BCUT2D eigenvalue weighted by atomic mass is 16.7. The van der Waals surface area contributed by atoms with Crippen LogP contribution in [-0.4, -0.2) is 75.4 Å². The van der Waals surface area contributed by atoms with E-state index < -0.39 is 36.7 Å². The van der Waals surface area contributed by atoms with Crippen molar-refractivity contribution in [1.82, 2.24) is 0 Å². The van der Waals surface area contributed by atoms with Crippen molar-refractivity contribution in [2.45, 2.75) is 37.1 Å². The summed E-state index contributed by atoms with van der Waals surface area (Å²) in [5.41, 5.74) is 1.56. The standard InChI is InChI=1S/C23H26O9/c24-16-6-1-14(2-7-16)5-10-19(26)31-13-18-20(27)21(28)22(29)23(32-18)30-12-11-15-3-8-17(25)9-4-15/h1-10,18,20-25,27-29H,11-13H2/b10-5+/t18-,20-,21+,22-,23-/m1/s1. The fourth-order valence-corrected chi connectivity index (χ4v) is 3.11. The average Bonchev–Trinajstić information content (AvgIpc) is 2.79. The zero-order valence-corrected chi connectivity index (χ0v) is 17.2. The van der Waals surface area contributed by atoms with Gasteiger partial charge in [-0.05, 0) is 47.9 Å². The summed E-state index contributed by atoms with van der Waals surface area (Å²) in [5, 5.41) is 49.0. The van der Waals surface area contributed by atoms with Crippen molar-refractivity contribution >= 4 is 12.0 Å². The quantitative estimate of drug-likeness (QED) is 0.292. The molecule has 5 N–H and O–H groups in total. The lowest BCUT2D eigenvalue weighted by atomic mass is 9.99. The van der Waals surface area contributed by atoms with Crippen molar-refractivity contribution in [3.63, 3.8) is 0 Å². The van der Waals surface area contributed by atoms with E-state index in [4.69, 9.17) is 14.2 Å². The number of aliphatic hydroxyl groups is 3. The molecule has 0 aromatic heterocycles. The van der Waals surface area contributed by atoms with Crippen molar-refractivity contribution in [3.05, 3.63) is 65.7 Å². The van der Waals surface area contributed by atoms with Gasteiger partial charge in [-0.1, -0.05) is 24.3 Å². The smallest absolute Gasteiger partial charge is 0.330 e. The Balaban J connectivity index is 1.49. The van der Waals surface area contributed by atoms with Gasteiger partial charge in [-0.25, -0.2) is 4.79 Å². The van der Waals surface area contributed by atoms with E-state index in [2.05, 4.69) is 0 Å². The van der Waals surface area contributed by atoms with Crippen molar-refractivity contribution in [1.29, 1.82) is 0 Å². The molecule has 0 bridgehead atoms. The van der Waals surface area contributed by atoms with Crippen LogP contribution in [0.4, 0.5) is 0 Å². The number of esters is 1. The molecular weight excluding hydrogens is 420 g/mol. The summed E-state index contributed by atoms with van der Waals surface area (Å²) >= 11 is 0. The average molecular weight is 446 g/mol. The molecule has 5 atom stereocenters. The molecule has 0 radical (unpaired) electrons. The van der Waals surface area contributed by atoms with Crippen molar-refractivity contribution in [2.75, 3.05) is 13.2 Å². The number of phenolic OH excluding ortho intramolecular Hbond substituents is 2. The third kappa shape index (κ3) is 6.52. The van der Waals surface area contributed by atoms with Crippen LogP contribution < -0.4 is 0 Å². The summed E-state index contributed by atoms with van der Waals surface area (Å²) in [6, 6.07) is 12.7. The van der Waals surface area contributed by atoms with Crippen molar-refractivity contribution in [3.8, 4) is 11.5 Å². The first-order valence-corrected chi connectivity index (χ1v) is 10.1. The van der Waals surface area contributed by atoms with E-state index in [0.717, 1.165) is 5.56 Å². The third-order valence-electron chi connectivity index (χ3n) is 4.97. The van der Waals surface area contributed by atoms with E-state index >= 15 is 0 Å². The van der Waals surface area contributed by atoms with Crippen LogP contribution in [0.5, 0.6) is 11.5 Å². The van der Waals surface area contributed by atoms with Gasteiger partial charge in [0.25, 0.3) is 0 Å². The summed E-state index contributed by atoms with van der Waals surface area (Å²) in [5.74, 6) is -0.443. The molecule has 32 heavy (non-hydrogen) atoms. The fourth-order valence-electron chi connectivity index (χ4n) is 3.11. The molecule has 9 heteroatoms. The Morgan fingerprint density at radius 3 is 2.19 bits per heavy atom. The Morgan fingerprint density at radius 1 is 0.906 bits per heavy atom. The van der Waals surface area contributed by atoms with Crippen LogP contribution in [0.2, 0.25) is 0 Å². The van der Waals surface area contributed by atoms with E-state index in [1.807, 2.05) is 0 Å². The van der Waals surface area contributed by atoms with Gasteiger partial charge >= 0.3 is 5.97 Å². The lowest BCUT2D eigenvalue weighted by Gasteiger charge is -2.39. The number of hydrogen-bond acceptors (Lipinski definition) is 9. The first-order valence-electron chi connectivity index (χ1n) is 10.1. The molecule has 0 unspecified atom stereocenters. The largest absolute Gasteiger partial charge is 0.508 e. The number of aliphatic hydroxyl groups excluding tert-OH is 3. The van der Waals surface area contributed by atoms with E-state index in [1.54, 1.807) is 36.4 Å². The molecule has 1 heterocycles. The number of hydrogen-bond donors (Lipinski definition) is 5. The summed E-state index contributed by atoms with van der Waals surface area (Å²) in [6.07, 6.45) is -3.68. The molecular formula is C23H26O9. The molecule has 9 nitrogen and oxygen atoms in total. The maximum atomic E-state index is 12.0. The Labute approximate surface area is 184 Å². The highest BCUT2D eigenvalue weighted by molar-refractivity contribution is 5.87. The van der Waals surface area contributed by atoms with Gasteiger partial charge in [-0.2, -0.15) is 0 Å². The summed E-state index contributed by atoms with van der Waals surface area (Å²) in [4.78, 5) is 12.0. The lowest BCUT2D eigenvalue weighted by Crippen LogP contribution is -2.59. The fraction of sp³-hybridized carbons (Fsp3) is 0.348. The number of aromatic hydroxyl groups is 2. The number of carbonyl (C=O) groups excluding carboxylic acids is 1. The van der Waals surface area contributed by atoms with Crippen LogP contribution in [0.3, 0.4) is 0 Å². The van der Waals surface area contributed by atoms with Crippen LogP contribution in [-0.2, 0) is 25.4 Å². The number of benzene rings is 2. The topological polar surface area (TPSA) is 146 Å². The van der Waals surface area contributed by atoms with E-state index in [0.29, 0.717) is 12.0 Å². The van der Waals surface area contributed by atoms with Gasteiger partial charge in [0.15, 0.2) is 6.29 Å². The second kappa shape index (κ2) is 11.1. The van der Waals surface area contributed by atoms with Crippen molar-refractivity contribution in [2.24, 2.45) is 0 Å². The number of rotatable bonds is 8. The number of ether oxygens (including phenoxy) is 3. The van der Waals surface area contributed by atoms with E-state index in [1.165, 1.54) is 24.3 Å². The molecule has 3 rings (SSSR count). The predicted molar refractivity (Wildman–Crippen MR) is 113 cm³/mol. The highest BCUT2D eigenvalue weighted by Gasteiger charge is 2.44. The molecule has 0 spiro atoms. The molecule has 1 aliphatic rings. The normalized spacial score (nSPS) is 25.7. The molecule has 1 fully saturated rings. The minimum absolute atomic E-state index is 0.105. The van der Waals surface area contributed by atoms with Gasteiger partial charge < -0.3 is 39.7 Å². The van der Waals surface area contributed by atoms with Gasteiger partial charge in [0.2, 0.25) is 0 Å². The van der Waals surface area contributed by atoms with Gasteiger partial charge in [-0.3, -0.25) is 0 Å². The molecule has 172 valence electrons. The first kappa shape index (κ1) is 23.7. The summed E-state index contributed by atoms with van der Waals surface area (Å²) in [6.45, 7) is -0.210. The zero-order valence-electron chi connectivity index (χ0n) is 17.2. The molecule has 0 aliphatic carbocycles. The second-order valence-corrected chi connectivity index (χ2v) is 7.36. The molecule has 2 aromatic carbocycles. The molecule has 1 saturated heterocycles. The second-order valence-electron chi connectivity index (χ2n) is 7.36. The zero-order chi connectivity index (χ0) is 23.1. The molecule has 2 aromatic rings. The van der Waals surface area contributed by atoms with Crippen LogP contribution in [0, 0.1) is 0 Å². The van der Waals surface area contributed by atoms with Crippen molar-refractivity contribution < 1.29 is 44.5 Å². The SMILES string of the molecule is O=C(/C=C/c1ccc(O)cc1)OC[C@H]1O[C@@H](OCCc2ccc(O)cc2)[C@H](O)[C@@H](O)[C@@H]1O. The van der Waals surface area contributed by atoms with Gasteiger partial charge in [-0.15, -0.1) is 0 Å². The monoisotopic (exact) mass is 446 g/mol. The van der Waals surface area contributed by atoms with Crippen LogP contribution in [0.1, 0.15) is 11.1 Å². The molecule has 0 saturated carbocycles. The Morgan fingerprint density at radius 2 is 1.53 bits per heavy atom. The highest BCUT2D eigenvalue weighted by Crippen LogP contribution is 2.23. The predicted octanol–water partition coefficient (Wildman–Crippen LogP) is 0.721. The van der Waals surface area contributed by atoms with E-state index in [9.17, 15) is 30.3 Å². The maximum absolute atomic E-state index is 12.0. The minimum Gasteiger partial charge on any atom is -0.508 e. The summed E-state index contributed by atoms with van der Waals surface area (Å²) < 4.78 is 16.1. The Hall–Kier alpha value is -2.95. The number of carbonyl (C=O) groups is 1. The molecule has 0 amide bonds. The Bertz CT molecular complexity index is 895. The maximum Gasteiger partial charge on any atom is 0.330 e. The van der Waals surface area contributed by atoms with Crippen LogP contribution in [0.25, 0.3) is 6.08 Å². The van der Waals surface area contributed by atoms with Crippen LogP contribution >= 0.6 is 0 Å². The van der Waals surface area contributed by atoms with E-state index in [-0.39, 0.29) is 24.7 Å². The first-order chi connectivity index (χ1) is 15.3. The summed E-state index contributed by atoms with van der Waals surface area (Å²) in [7, 11) is 0.